The number of pyridine rings is 1. The Morgan fingerprint density at radius 2 is 1.61 bits per heavy atom. The van der Waals surface area contributed by atoms with E-state index in [1.165, 1.54) is 54.7 Å². The van der Waals surface area contributed by atoms with E-state index in [4.69, 9.17) is 0 Å². The molecule has 0 unspecified atom stereocenters. The smallest absolute Gasteiger partial charge is 0.261 e. The molecule has 0 radical (unpaired) electrons. The van der Waals surface area contributed by atoms with Crippen molar-refractivity contribution in [2.24, 2.45) is 0 Å². The van der Waals surface area contributed by atoms with E-state index in [0.29, 0.717) is 10.4 Å². The minimum atomic E-state index is -3.69. The fraction of sp³-hybridized carbons (Fsp3) is 0.0870. The van der Waals surface area contributed by atoms with E-state index in [1.54, 1.807) is 24.5 Å². The zero-order valence-corrected chi connectivity index (χ0v) is 18.2. The van der Waals surface area contributed by atoms with Gasteiger partial charge in [-0.25, -0.2) is 8.42 Å². The third kappa shape index (κ3) is 4.40. The number of rotatable bonds is 6. The van der Waals surface area contributed by atoms with Crippen LogP contribution in [0.25, 0.3) is 10.1 Å². The number of nitrogens with one attached hydrogen (secondary N) is 1. The summed E-state index contributed by atoms with van der Waals surface area (Å²) >= 11 is 1.37. The highest BCUT2D eigenvalue weighted by atomic mass is 32.2. The Labute approximate surface area is 183 Å². The van der Waals surface area contributed by atoms with E-state index in [1.807, 2.05) is 12.1 Å². The molecule has 0 aliphatic heterocycles. The first kappa shape index (κ1) is 20.9. The molecule has 1 amide bonds. The summed E-state index contributed by atoms with van der Waals surface area (Å²) < 4.78 is 26.6. The van der Waals surface area contributed by atoms with Crippen LogP contribution in [0.3, 0.4) is 0 Å². The summed E-state index contributed by atoms with van der Waals surface area (Å²) in [6, 6.07) is 15.9. The molecule has 4 rings (SSSR count). The second kappa shape index (κ2) is 8.41. The van der Waals surface area contributed by atoms with Gasteiger partial charge < -0.3 is 5.32 Å². The fourth-order valence-electron chi connectivity index (χ4n) is 3.06. The van der Waals surface area contributed by atoms with Crippen molar-refractivity contribution in [2.45, 2.75) is 23.3 Å². The zero-order valence-electron chi connectivity index (χ0n) is 16.5. The molecule has 0 bridgehead atoms. The lowest BCUT2D eigenvalue weighted by Crippen LogP contribution is -2.21. The van der Waals surface area contributed by atoms with Gasteiger partial charge in [0, 0.05) is 24.5 Å². The molecule has 0 aliphatic carbocycles. The summed E-state index contributed by atoms with van der Waals surface area (Å²) in [5, 5.41) is 3.82. The number of thiophene rings is 1. The van der Waals surface area contributed by atoms with Crippen LogP contribution in [0.2, 0.25) is 0 Å². The fourth-order valence-corrected chi connectivity index (χ4v) is 5.26. The number of nitrogens with zero attached hydrogens (tertiary/aromatic N) is 1. The Kier molecular flexibility index (Phi) is 5.67. The van der Waals surface area contributed by atoms with Crippen molar-refractivity contribution in [1.29, 1.82) is 0 Å². The Balaban J connectivity index is 1.45. The Hall–Kier alpha value is -3.36. The molecule has 0 saturated carbocycles. The van der Waals surface area contributed by atoms with Crippen LogP contribution in [0.15, 0.2) is 82.8 Å². The predicted molar refractivity (Wildman–Crippen MR) is 119 cm³/mol. The van der Waals surface area contributed by atoms with Crippen LogP contribution in [0.5, 0.6) is 0 Å². The highest BCUT2D eigenvalue weighted by Crippen LogP contribution is 2.25. The molecule has 31 heavy (non-hydrogen) atoms. The maximum atomic E-state index is 12.8. The van der Waals surface area contributed by atoms with Crippen LogP contribution < -0.4 is 5.32 Å². The lowest BCUT2D eigenvalue weighted by molar-refractivity contribution is 0.0954. The van der Waals surface area contributed by atoms with Crippen molar-refractivity contribution < 1.29 is 18.0 Å². The molecule has 0 atom stereocenters. The van der Waals surface area contributed by atoms with Crippen LogP contribution in [0.4, 0.5) is 0 Å². The molecule has 1 N–H and O–H groups in total. The van der Waals surface area contributed by atoms with Gasteiger partial charge in [0.2, 0.25) is 9.84 Å². The number of hydrogen-bond donors (Lipinski definition) is 1. The number of aromatic nitrogens is 1. The van der Waals surface area contributed by atoms with Crippen molar-refractivity contribution >= 4 is 43.0 Å². The summed E-state index contributed by atoms with van der Waals surface area (Å²) in [7, 11) is -3.69. The molecule has 0 spiro atoms. The summed E-state index contributed by atoms with van der Waals surface area (Å²) in [4.78, 5) is 28.7. The molecule has 156 valence electrons. The summed E-state index contributed by atoms with van der Waals surface area (Å²) in [6.07, 6.45) is 3.41. The van der Waals surface area contributed by atoms with E-state index in [2.05, 4.69) is 10.3 Å². The number of hydrogen-bond acceptors (Lipinski definition) is 6. The minimum absolute atomic E-state index is 0.123. The van der Waals surface area contributed by atoms with Gasteiger partial charge in [-0.1, -0.05) is 24.3 Å². The maximum absolute atomic E-state index is 12.8. The number of fused-ring (bicyclic) bond motifs is 1. The number of Topliss-reactive ketones (excluding diaryl/α,β-unsaturated/α-hetero) is 1. The van der Waals surface area contributed by atoms with Crippen molar-refractivity contribution in [3.05, 3.63) is 89.1 Å². The van der Waals surface area contributed by atoms with E-state index in [9.17, 15) is 18.0 Å². The van der Waals surface area contributed by atoms with E-state index >= 15 is 0 Å². The molecular weight excluding hydrogens is 432 g/mol. The summed E-state index contributed by atoms with van der Waals surface area (Å²) in [5.41, 5.74) is 1.24. The molecule has 2 aromatic heterocycles. The van der Waals surface area contributed by atoms with E-state index in [0.717, 1.165) is 15.6 Å². The molecule has 2 aromatic carbocycles. The third-order valence-corrected chi connectivity index (χ3v) is 7.67. The number of sulfone groups is 1. The SMILES string of the molecule is CC(=O)c1ccc(S(=O)(=O)c2ccc(CNC(=O)c3cc4ccncc4s3)cc2)cc1. The quantitative estimate of drug-likeness (QED) is 0.443. The summed E-state index contributed by atoms with van der Waals surface area (Å²) in [6.45, 7) is 1.71. The molecule has 6 nitrogen and oxygen atoms in total. The Morgan fingerprint density at radius 1 is 0.968 bits per heavy atom. The van der Waals surface area contributed by atoms with Gasteiger partial charge >= 0.3 is 0 Å². The minimum Gasteiger partial charge on any atom is -0.347 e. The van der Waals surface area contributed by atoms with Gasteiger partial charge in [-0.2, -0.15) is 0 Å². The zero-order chi connectivity index (χ0) is 22.0. The number of benzene rings is 2. The van der Waals surface area contributed by atoms with Crippen molar-refractivity contribution in [1.82, 2.24) is 10.3 Å². The van der Waals surface area contributed by atoms with Gasteiger partial charge in [-0.3, -0.25) is 14.6 Å². The molecule has 2 heterocycles. The van der Waals surface area contributed by atoms with Gasteiger partial charge in [-0.05, 0) is 54.3 Å². The molecule has 0 fully saturated rings. The van der Waals surface area contributed by atoms with Gasteiger partial charge in [0.1, 0.15) is 0 Å². The first-order chi connectivity index (χ1) is 14.8. The molecule has 4 aromatic rings. The first-order valence-corrected chi connectivity index (χ1v) is 11.7. The van der Waals surface area contributed by atoms with E-state index in [-0.39, 0.29) is 28.0 Å². The van der Waals surface area contributed by atoms with Crippen molar-refractivity contribution in [3.63, 3.8) is 0 Å². The monoisotopic (exact) mass is 450 g/mol. The number of amides is 1. The number of ketones is 1. The topological polar surface area (TPSA) is 93.2 Å². The van der Waals surface area contributed by atoms with Crippen LogP contribution in [-0.4, -0.2) is 25.1 Å². The van der Waals surface area contributed by atoms with Gasteiger partial charge in [-0.15, -0.1) is 11.3 Å². The molecule has 8 heteroatoms. The van der Waals surface area contributed by atoms with Gasteiger partial charge in [0.05, 0.1) is 19.4 Å². The lowest BCUT2D eigenvalue weighted by atomic mass is 10.2. The number of carbonyl (C=O) groups is 2. The second-order valence-corrected chi connectivity index (χ2v) is 9.97. The number of carbonyl (C=O) groups excluding carboxylic acids is 2. The molecular formula is C23H18N2O4S2. The standard InChI is InChI=1S/C23H18N2O4S2/c1-15(26)17-4-8-20(9-5-17)31(28,29)19-6-2-16(3-7-19)13-25-23(27)21-12-18-10-11-24-14-22(18)30-21/h2-12,14H,13H2,1H3,(H,25,27). The summed E-state index contributed by atoms with van der Waals surface area (Å²) in [5.74, 6) is -0.314. The average Bonchev–Trinajstić information content (AvgIpc) is 3.22. The van der Waals surface area contributed by atoms with Crippen LogP contribution in [-0.2, 0) is 16.4 Å². The Morgan fingerprint density at radius 3 is 2.23 bits per heavy atom. The highest BCUT2D eigenvalue weighted by Gasteiger charge is 2.18. The van der Waals surface area contributed by atoms with Crippen LogP contribution in [0, 0.1) is 0 Å². The van der Waals surface area contributed by atoms with Gasteiger partial charge in [0.25, 0.3) is 5.91 Å². The normalized spacial score (nSPS) is 11.4. The van der Waals surface area contributed by atoms with Crippen molar-refractivity contribution in [2.75, 3.05) is 0 Å². The lowest BCUT2D eigenvalue weighted by Gasteiger charge is -2.08. The molecule has 0 saturated heterocycles. The maximum Gasteiger partial charge on any atom is 0.261 e. The average molecular weight is 451 g/mol. The van der Waals surface area contributed by atoms with Crippen LogP contribution in [0.1, 0.15) is 32.5 Å². The molecule has 0 aliphatic rings. The van der Waals surface area contributed by atoms with Crippen LogP contribution >= 0.6 is 11.3 Å². The van der Waals surface area contributed by atoms with Gasteiger partial charge in [0.15, 0.2) is 5.78 Å². The highest BCUT2D eigenvalue weighted by molar-refractivity contribution is 7.91. The predicted octanol–water partition coefficient (Wildman–Crippen LogP) is 4.26. The largest absolute Gasteiger partial charge is 0.347 e. The second-order valence-electron chi connectivity index (χ2n) is 6.93. The van der Waals surface area contributed by atoms with E-state index < -0.39 is 9.84 Å². The Bertz CT molecular complexity index is 1340. The first-order valence-electron chi connectivity index (χ1n) is 9.41. The van der Waals surface area contributed by atoms with Crippen molar-refractivity contribution in [3.8, 4) is 0 Å². The third-order valence-electron chi connectivity index (χ3n) is 4.80.